The summed E-state index contributed by atoms with van der Waals surface area (Å²) >= 11 is 3.43. The summed E-state index contributed by atoms with van der Waals surface area (Å²) in [7, 11) is 0. The lowest BCUT2D eigenvalue weighted by Gasteiger charge is -2.05. The molecule has 0 bridgehead atoms. The van der Waals surface area contributed by atoms with Gasteiger partial charge in [-0.15, -0.1) is 0 Å². The third-order valence-corrected chi connectivity index (χ3v) is 4.71. The van der Waals surface area contributed by atoms with Crippen LogP contribution in [0.15, 0.2) is 57.5 Å². The molecule has 2 N–H and O–H groups in total. The van der Waals surface area contributed by atoms with Crippen LogP contribution in [0.3, 0.4) is 0 Å². The molecule has 3 rings (SSSR count). The number of carbonyl (C=O) groups is 1. The SMILES string of the molecule is NC(=O)c1ccccc1CCCc1nc(CCc2ccc(Br)cc2)no1. The number of primary amides is 1. The van der Waals surface area contributed by atoms with Crippen LogP contribution in [0.5, 0.6) is 0 Å². The molecule has 0 unspecified atom stereocenters. The second kappa shape index (κ2) is 8.76. The first-order chi connectivity index (χ1) is 12.6. The van der Waals surface area contributed by atoms with Crippen LogP contribution in [0.1, 0.15) is 39.6 Å². The molecule has 1 aromatic heterocycles. The molecule has 0 aliphatic heterocycles. The normalized spacial score (nSPS) is 10.8. The molecule has 0 fully saturated rings. The molecular weight excluding hydrogens is 394 g/mol. The minimum atomic E-state index is -0.395. The van der Waals surface area contributed by atoms with Crippen molar-refractivity contribution in [3.05, 3.63) is 81.4 Å². The molecule has 134 valence electrons. The fourth-order valence-corrected chi connectivity index (χ4v) is 3.07. The van der Waals surface area contributed by atoms with Gasteiger partial charge in [0, 0.05) is 22.9 Å². The van der Waals surface area contributed by atoms with E-state index in [1.54, 1.807) is 6.07 Å². The lowest BCUT2D eigenvalue weighted by atomic mass is 10.0. The highest BCUT2D eigenvalue weighted by Gasteiger charge is 2.09. The van der Waals surface area contributed by atoms with E-state index >= 15 is 0 Å². The van der Waals surface area contributed by atoms with Crippen molar-refractivity contribution in [3.63, 3.8) is 0 Å². The minimum Gasteiger partial charge on any atom is -0.366 e. The monoisotopic (exact) mass is 413 g/mol. The van der Waals surface area contributed by atoms with Gasteiger partial charge in [0.05, 0.1) is 0 Å². The smallest absolute Gasteiger partial charge is 0.248 e. The standard InChI is InChI=1S/C20H20BrN3O2/c21-16-11-8-14(9-12-16)10-13-18-23-19(26-24-18)7-3-5-15-4-1-2-6-17(15)20(22)25/h1-2,4,6,8-9,11-12H,3,5,7,10,13H2,(H2,22,25). The van der Waals surface area contributed by atoms with Crippen LogP contribution in [0.2, 0.25) is 0 Å². The van der Waals surface area contributed by atoms with E-state index < -0.39 is 5.91 Å². The van der Waals surface area contributed by atoms with Gasteiger partial charge in [0.1, 0.15) is 0 Å². The number of nitrogens with zero attached hydrogens (tertiary/aromatic N) is 2. The molecule has 0 spiro atoms. The predicted molar refractivity (Wildman–Crippen MR) is 103 cm³/mol. The van der Waals surface area contributed by atoms with Crippen molar-refractivity contribution in [2.75, 3.05) is 0 Å². The van der Waals surface area contributed by atoms with Gasteiger partial charge < -0.3 is 10.3 Å². The largest absolute Gasteiger partial charge is 0.366 e. The number of nitrogens with two attached hydrogens (primary N) is 1. The number of benzene rings is 2. The molecule has 2 aromatic carbocycles. The van der Waals surface area contributed by atoms with Gasteiger partial charge >= 0.3 is 0 Å². The zero-order chi connectivity index (χ0) is 18.4. The maximum absolute atomic E-state index is 11.4. The van der Waals surface area contributed by atoms with Crippen molar-refractivity contribution < 1.29 is 9.32 Å². The molecule has 6 heteroatoms. The highest BCUT2D eigenvalue weighted by molar-refractivity contribution is 9.10. The quantitative estimate of drug-likeness (QED) is 0.606. The van der Waals surface area contributed by atoms with Gasteiger partial charge in [-0.3, -0.25) is 4.79 Å². The summed E-state index contributed by atoms with van der Waals surface area (Å²) < 4.78 is 6.40. The van der Waals surface area contributed by atoms with Gasteiger partial charge in [0.25, 0.3) is 0 Å². The Bertz CT molecular complexity index is 875. The van der Waals surface area contributed by atoms with Crippen LogP contribution in [-0.4, -0.2) is 16.0 Å². The van der Waals surface area contributed by atoms with E-state index in [9.17, 15) is 4.79 Å². The third kappa shape index (κ3) is 5.02. The Balaban J connectivity index is 1.49. The van der Waals surface area contributed by atoms with Crippen LogP contribution in [-0.2, 0) is 25.7 Å². The zero-order valence-electron chi connectivity index (χ0n) is 14.3. The van der Waals surface area contributed by atoms with Gasteiger partial charge in [-0.1, -0.05) is 51.4 Å². The summed E-state index contributed by atoms with van der Waals surface area (Å²) in [5.41, 5.74) is 8.18. The molecular formula is C20H20BrN3O2. The van der Waals surface area contributed by atoms with Crippen LogP contribution in [0.25, 0.3) is 0 Å². The Hall–Kier alpha value is -2.47. The summed E-state index contributed by atoms with van der Waals surface area (Å²) in [5, 5.41) is 4.05. The van der Waals surface area contributed by atoms with E-state index in [0.717, 1.165) is 41.5 Å². The Morgan fingerprint density at radius 2 is 1.77 bits per heavy atom. The molecule has 1 heterocycles. The van der Waals surface area contributed by atoms with Crippen molar-refractivity contribution in [3.8, 4) is 0 Å². The Morgan fingerprint density at radius 1 is 1.00 bits per heavy atom. The maximum Gasteiger partial charge on any atom is 0.248 e. The second-order valence-corrected chi connectivity index (χ2v) is 7.02. The first kappa shape index (κ1) is 18.3. The molecule has 5 nitrogen and oxygen atoms in total. The predicted octanol–water partition coefficient (Wildman–Crippen LogP) is 3.89. The summed E-state index contributed by atoms with van der Waals surface area (Å²) in [6.07, 6.45) is 3.86. The lowest BCUT2D eigenvalue weighted by Crippen LogP contribution is -2.13. The van der Waals surface area contributed by atoms with Crippen LogP contribution >= 0.6 is 15.9 Å². The van der Waals surface area contributed by atoms with Crippen molar-refractivity contribution in [1.82, 2.24) is 10.1 Å². The third-order valence-electron chi connectivity index (χ3n) is 4.18. The van der Waals surface area contributed by atoms with Crippen molar-refractivity contribution in [2.45, 2.75) is 32.1 Å². The minimum absolute atomic E-state index is 0.395. The molecule has 0 aliphatic rings. The Labute approximate surface area is 160 Å². The number of aromatic nitrogens is 2. The van der Waals surface area contributed by atoms with Crippen molar-refractivity contribution >= 4 is 21.8 Å². The summed E-state index contributed by atoms with van der Waals surface area (Å²) in [6, 6.07) is 15.6. The summed E-state index contributed by atoms with van der Waals surface area (Å²) in [4.78, 5) is 15.9. The van der Waals surface area contributed by atoms with Crippen molar-refractivity contribution in [2.24, 2.45) is 5.73 Å². The fraction of sp³-hybridized carbons (Fsp3) is 0.250. The lowest BCUT2D eigenvalue weighted by molar-refractivity contribution is 0.0999. The maximum atomic E-state index is 11.4. The molecule has 1 amide bonds. The average Bonchev–Trinajstić information content (AvgIpc) is 3.09. The number of amides is 1. The summed E-state index contributed by atoms with van der Waals surface area (Å²) in [5.74, 6) is 0.960. The van der Waals surface area contributed by atoms with E-state index in [1.807, 2.05) is 30.3 Å². The molecule has 0 radical (unpaired) electrons. The molecule has 0 atom stereocenters. The second-order valence-electron chi connectivity index (χ2n) is 6.11. The Morgan fingerprint density at radius 3 is 2.54 bits per heavy atom. The first-order valence-corrected chi connectivity index (χ1v) is 9.35. The molecule has 0 aliphatic carbocycles. The van der Waals surface area contributed by atoms with Crippen LogP contribution in [0, 0.1) is 0 Å². The van der Waals surface area contributed by atoms with Gasteiger partial charge in [-0.05, 0) is 48.6 Å². The average molecular weight is 414 g/mol. The first-order valence-electron chi connectivity index (χ1n) is 8.55. The van der Waals surface area contributed by atoms with E-state index in [1.165, 1.54) is 5.56 Å². The fourth-order valence-electron chi connectivity index (χ4n) is 2.81. The van der Waals surface area contributed by atoms with Crippen LogP contribution < -0.4 is 5.73 Å². The van der Waals surface area contributed by atoms with Gasteiger partial charge in [-0.2, -0.15) is 4.98 Å². The van der Waals surface area contributed by atoms with Gasteiger partial charge in [0.15, 0.2) is 5.82 Å². The summed E-state index contributed by atoms with van der Waals surface area (Å²) in [6.45, 7) is 0. The number of rotatable bonds is 8. The van der Waals surface area contributed by atoms with E-state index in [-0.39, 0.29) is 0 Å². The molecule has 3 aromatic rings. The number of hydrogen-bond donors (Lipinski definition) is 1. The van der Waals surface area contributed by atoms with Crippen LogP contribution in [0.4, 0.5) is 0 Å². The number of aryl methyl sites for hydroxylation is 4. The highest BCUT2D eigenvalue weighted by atomic mass is 79.9. The molecule has 26 heavy (non-hydrogen) atoms. The topological polar surface area (TPSA) is 82.0 Å². The number of carbonyl (C=O) groups excluding carboxylic acids is 1. The zero-order valence-corrected chi connectivity index (χ0v) is 15.9. The number of halogens is 1. The van der Waals surface area contributed by atoms with E-state index in [0.29, 0.717) is 17.9 Å². The molecule has 0 saturated carbocycles. The van der Waals surface area contributed by atoms with E-state index in [2.05, 4.69) is 38.2 Å². The van der Waals surface area contributed by atoms with E-state index in [4.69, 9.17) is 10.3 Å². The molecule has 0 saturated heterocycles. The number of hydrogen-bond acceptors (Lipinski definition) is 4. The highest BCUT2D eigenvalue weighted by Crippen LogP contribution is 2.14. The van der Waals surface area contributed by atoms with Gasteiger partial charge in [0.2, 0.25) is 11.8 Å². The Kier molecular flexibility index (Phi) is 6.17. The van der Waals surface area contributed by atoms with Crippen molar-refractivity contribution in [1.29, 1.82) is 0 Å². The van der Waals surface area contributed by atoms with Gasteiger partial charge in [-0.25, -0.2) is 0 Å².